The van der Waals surface area contributed by atoms with Crippen molar-refractivity contribution < 1.29 is 9.53 Å². The van der Waals surface area contributed by atoms with Gasteiger partial charge in [-0.05, 0) is 50.4 Å². The summed E-state index contributed by atoms with van der Waals surface area (Å²) in [6, 6.07) is 0. The van der Waals surface area contributed by atoms with Crippen LogP contribution < -0.4 is 0 Å². The maximum atomic E-state index is 11.5. The second-order valence-electron chi connectivity index (χ2n) is 6.03. The Labute approximate surface area is 105 Å². The molecule has 0 radical (unpaired) electrons. The molecule has 0 bridgehead atoms. The van der Waals surface area contributed by atoms with Crippen LogP contribution in [0.2, 0.25) is 0 Å². The van der Waals surface area contributed by atoms with E-state index in [1.54, 1.807) is 0 Å². The molecule has 0 heterocycles. The number of carbonyl (C=O) groups is 1. The van der Waals surface area contributed by atoms with Crippen molar-refractivity contribution in [3.8, 4) is 0 Å². The van der Waals surface area contributed by atoms with Crippen molar-refractivity contribution in [1.82, 2.24) is 0 Å². The van der Waals surface area contributed by atoms with Crippen LogP contribution in [0.25, 0.3) is 0 Å². The predicted molar refractivity (Wildman–Crippen MR) is 68.7 cm³/mol. The fourth-order valence-corrected chi connectivity index (χ4v) is 3.89. The maximum absolute atomic E-state index is 11.5. The van der Waals surface area contributed by atoms with E-state index in [0.29, 0.717) is 24.4 Å². The van der Waals surface area contributed by atoms with Crippen molar-refractivity contribution >= 4 is 5.97 Å². The van der Waals surface area contributed by atoms with Crippen molar-refractivity contribution in [1.29, 1.82) is 0 Å². The van der Waals surface area contributed by atoms with Crippen molar-refractivity contribution in [2.45, 2.75) is 71.1 Å². The monoisotopic (exact) mass is 238 g/mol. The molecule has 1 atom stereocenters. The van der Waals surface area contributed by atoms with Gasteiger partial charge in [-0.15, -0.1) is 0 Å². The van der Waals surface area contributed by atoms with Crippen LogP contribution in [0.1, 0.15) is 71.1 Å². The summed E-state index contributed by atoms with van der Waals surface area (Å²) >= 11 is 0. The highest BCUT2D eigenvalue weighted by Gasteiger charge is 2.39. The van der Waals surface area contributed by atoms with Crippen LogP contribution in [-0.2, 0) is 9.53 Å². The van der Waals surface area contributed by atoms with E-state index in [0.717, 1.165) is 0 Å². The zero-order valence-corrected chi connectivity index (χ0v) is 11.2. The molecule has 2 aliphatic carbocycles. The standard InChI is InChI=1S/C15H26O2/c1-2-17-14(16)11-13-7-10-15(12-13)8-5-3-4-6-9-15/h13H,2-12H2,1H3/t13-/m0/s1. The van der Waals surface area contributed by atoms with Crippen molar-refractivity contribution in [3.63, 3.8) is 0 Å². The third kappa shape index (κ3) is 3.46. The fraction of sp³-hybridized carbons (Fsp3) is 0.933. The average molecular weight is 238 g/mol. The lowest BCUT2D eigenvalue weighted by Crippen LogP contribution is -2.17. The molecule has 0 amide bonds. The van der Waals surface area contributed by atoms with Gasteiger partial charge in [0, 0.05) is 6.42 Å². The highest BCUT2D eigenvalue weighted by Crippen LogP contribution is 2.51. The molecule has 2 aliphatic rings. The molecule has 0 aromatic rings. The van der Waals surface area contributed by atoms with E-state index in [1.165, 1.54) is 57.8 Å². The summed E-state index contributed by atoms with van der Waals surface area (Å²) in [5.74, 6) is 0.621. The highest BCUT2D eigenvalue weighted by atomic mass is 16.5. The molecule has 0 saturated heterocycles. The summed E-state index contributed by atoms with van der Waals surface area (Å²) in [6.07, 6.45) is 13.0. The smallest absolute Gasteiger partial charge is 0.306 e. The molecular formula is C15H26O2. The largest absolute Gasteiger partial charge is 0.466 e. The summed E-state index contributed by atoms with van der Waals surface area (Å²) in [7, 11) is 0. The first-order chi connectivity index (χ1) is 8.24. The normalized spacial score (nSPS) is 27.9. The zero-order valence-electron chi connectivity index (χ0n) is 11.2. The third-order valence-corrected chi connectivity index (χ3v) is 4.73. The van der Waals surface area contributed by atoms with E-state index in [9.17, 15) is 4.79 Å². The summed E-state index contributed by atoms with van der Waals surface area (Å²) < 4.78 is 5.07. The SMILES string of the molecule is CCOC(=O)C[C@@H]1CCC2(CCCCCC2)C1. The molecular weight excluding hydrogens is 212 g/mol. The number of esters is 1. The van der Waals surface area contributed by atoms with Gasteiger partial charge in [0.1, 0.15) is 0 Å². The zero-order chi connectivity index (χ0) is 12.1. The summed E-state index contributed by atoms with van der Waals surface area (Å²) in [4.78, 5) is 11.5. The molecule has 2 heteroatoms. The van der Waals surface area contributed by atoms with Crippen LogP contribution in [0.5, 0.6) is 0 Å². The van der Waals surface area contributed by atoms with E-state index in [1.807, 2.05) is 6.92 Å². The van der Waals surface area contributed by atoms with Crippen molar-refractivity contribution in [2.75, 3.05) is 6.61 Å². The van der Waals surface area contributed by atoms with Gasteiger partial charge in [0.25, 0.3) is 0 Å². The first-order valence-electron chi connectivity index (χ1n) is 7.40. The van der Waals surface area contributed by atoms with Crippen molar-refractivity contribution in [3.05, 3.63) is 0 Å². The molecule has 1 spiro atoms. The van der Waals surface area contributed by atoms with Gasteiger partial charge >= 0.3 is 5.97 Å². The second kappa shape index (κ2) is 5.88. The van der Waals surface area contributed by atoms with Gasteiger partial charge in [0.2, 0.25) is 0 Å². The number of rotatable bonds is 3. The molecule has 17 heavy (non-hydrogen) atoms. The van der Waals surface area contributed by atoms with E-state index >= 15 is 0 Å². The molecule has 0 aromatic heterocycles. The fourth-order valence-electron chi connectivity index (χ4n) is 3.89. The summed E-state index contributed by atoms with van der Waals surface area (Å²) in [5.41, 5.74) is 0.605. The minimum Gasteiger partial charge on any atom is -0.466 e. The van der Waals surface area contributed by atoms with Gasteiger partial charge in [-0.3, -0.25) is 4.79 Å². The minimum absolute atomic E-state index is 0.0168. The molecule has 0 unspecified atom stereocenters. The number of hydrogen-bond acceptors (Lipinski definition) is 2. The van der Waals surface area contributed by atoms with Gasteiger partial charge in [0.15, 0.2) is 0 Å². The molecule has 98 valence electrons. The number of carbonyl (C=O) groups excluding carboxylic acids is 1. The molecule has 2 rings (SSSR count). The Balaban J connectivity index is 1.83. The van der Waals surface area contributed by atoms with E-state index in [4.69, 9.17) is 4.74 Å². The number of ether oxygens (including phenoxy) is 1. The van der Waals surface area contributed by atoms with Gasteiger partial charge in [0.05, 0.1) is 6.61 Å². The second-order valence-corrected chi connectivity index (χ2v) is 6.03. The molecule has 0 aliphatic heterocycles. The third-order valence-electron chi connectivity index (χ3n) is 4.73. The maximum Gasteiger partial charge on any atom is 0.306 e. The highest BCUT2D eigenvalue weighted by molar-refractivity contribution is 5.69. The summed E-state index contributed by atoms with van der Waals surface area (Å²) in [6.45, 7) is 2.41. The Morgan fingerprint density at radius 2 is 1.88 bits per heavy atom. The van der Waals surface area contributed by atoms with Gasteiger partial charge in [-0.2, -0.15) is 0 Å². The van der Waals surface area contributed by atoms with E-state index < -0.39 is 0 Å². The molecule has 2 saturated carbocycles. The molecule has 2 fully saturated rings. The van der Waals surface area contributed by atoms with Crippen molar-refractivity contribution in [2.24, 2.45) is 11.3 Å². The predicted octanol–water partition coefficient (Wildman–Crippen LogP) is 4.08. The lowest BCUT2D eigenvalue weighted by atomic mass is 9.78. The van der Waals surface area contributed by atoms with Gasteiger partial charge in [-0.25, -0.2) is 0 Å². The topological polar surface area (TPSA) is 26.3 Å². The van der Waals surface area contributed by atoms with Crippen LogP contribution in [0.4, 0.5) is 0 Å². The minimum atomic E-state index is 0.0168. The first kappa shape index (κ1) is 12.9. The van der Waals surface area contributed by atoms with Crippen LogP contribution >= 0.6 is 0 Å². The molecule has 0 N–H and O–H groups in total. The van der Waals surface area contributed by atoms with Gasteiger partial charge in [-0.1, -0.05) is 25.7 Å². The average Bonchev–Trinajstić information content (AvgIpc) is 2.54. The van der Waals surface area contributed by atoms with Crippen LogP contribution in [0.3, 0.4) is 0 Å². The lowest BCUT2D eigenvalue weighted by Gasteiger charge is -2.27. The van der Waals surface area contributed by atoms with Gasteiger partial charge < -0.3 is 4.74 Å². The van der Waals surface area contributed by atoms with E-state index in [2.05, 4.69) is 0 Å². The number of hydrogen-bond donors (Lipinski definition) is 0. The quantitative estimate of drug-likeness (QED) is 0.692. The Kier molecular flexibility index (Phi) is 4.47. The molecule has 0 aromatic carbocycles. The summed E-state index contributed by atoms with van der Waals surface area (Å²) in [5, 5.41) is 0. The Morgan fingerprint density at radius 3 is 2.53 bits per heavy atom. The first-order valence-corrected chi connectivity index (χ1v) is 7.40. The Bertz CT molecular complexity index is 252. The van der Waals surface area contributed by atoms with E-state index in [-0.39, 0.29) is 5.97 Å². The Morgan fingerprint density at radius 1 is 1.18 bits per heavy atom. The van der Waals surface area contributed by atoms with Crippen LogP contribution in [-0.4, -0.2) is 12.6 Å². The lowest BCUT2D eigenvalue weighted by molar-refractivity contribution is -0.144. The molecule has 2 nitrogen and oxygen atoms in total. The Hall–Kier alpha value is -0.530. The van der Waals surface area contributed by atoms with Crippen LogP contribution in [0.15, 0.2) is 0 Å². The van der Waals surface area contributed by atoms with Crippen LogP contribution in [0, 0.1) is 11.3 Å².